The van der Waals surface area contributed by atoms with Gasteiger partial charge in [0.05, 0.1) is 39.2 Å². The molecule has 1 aromatic heterocycles. The Morgan fingerprint density at radius 3 is 2.51 bits per heavy atom. The number of halogens is 1. The summed E-state index contributed by atoms with van der Waals surface area (Å²) in [5, 5.41) is 24.5. The molecular formula is C27H31ClN4O2S. The van der Waals surface area contributed by atoms with Gasteiger partial charge < -0.3 is 15.3 Å². The van der Waals surface area contributed by atoms with Gasteiger partial charge in [-0.25, -0.2) is 4.98 Å². The van der Waals surface area contributed by atoms with Crippen LogP contribution in [0, 0.1) is 16.7 Å². The van der Waals surface area contributed by atoms with Crippen LogP contribution in [-0.2, 0) is 17.2 Å². The predicted molar refractivity (Wildman–Crippen MR) is 139 cm³/mol. The van der Waals surface area contributed by atoms with Crippen molar-refractivity contribution >= 4 is 33.9 Å². The summed E-state index contributed by atoms with van der Waals surface area (Å²) in [6, 6.07) is 10.7. The minimum atomic E-state index is -1.16. The molecule has 6 nitrogen and oxygen atoms in total. The predicted octanol–water partition coefficient (Wildman–Crippen LogP) is 4.76. The van der Waals surface area contributed by atoms with Gasteiger partial charge >= 0.3 is 0 Å². The van der Waals surface area contributed by atoms with Gasteiger partial charge in [-0.05, 0) is 68.6 Å². The lowest BCUT2D eigenvalue weighted by Crippen LogP contribution is -2.58. The molecule has 4 aliphatic rings. The number of nitrogens with zero attached hydrogens (tertiary/aromatic N) is 3. The third-order valence-electron chi connectivity index (χ3n) is 8.81. The summed E-state index contributed by atoms with van der Waals surface area (Å²) in [6.07, 6.45) is 8.11. The molecule has 35 heavy (non-hydrogen) atoms. The molecule has 3 heterocycles. The Hall–Kier alpha value is -2.14. The number of anilines is 2. The lowest BCUT2D eigenvalue weighted by atomic mass is 9.65. The van der Waals surface area contributed by atoms with E-state index in [2.05, 4.69) is 28.4 Å². The molecule has 2 aliphatic carbocycles. The molecule has 6 rings (SSSR count). The maximum absolute atomic E-state index is 12.8. The number of aliphatic hydroxyl groups is 1. The molecule has 1 spiro atoms. The highest BCUT2D eigenvalue weighted by atomic mass is 35.5. The molecule has 1 aromatic carbocycles. The van der Waals surface area contributed by atoms with E-state index in [1.807, 2.05) is 12.1 Å². The lowest BCUT2D eigenvalue weighted by molar-refractivity contribution is 0.127. The summed E-state index contributed by atoms with van der Waals surface area (Å²) in [5.41, 5.74) is 3.24. The van der Waals surface area contributed by atoms with Crippen molar-refractivity contribution in [2.24, 2.45) is 5.41 Å². The van der Waals surface area contributed by atoms with Crippen LogP contribution < -0.4 is 10.2 Å². The highest BCUT2D eigenvalue weighted by Gasteiger charge is 2.47. The van der Waals surface area contributed by atoms with Crippen LogP contribution in [0.15, 0.2) is 29.2 Å². The monoisotopic (exact) mass is 510 g/mol. The number of aliphatic hydroxyl groups excluding tert-OH is 1. The molecule has 2 aromatic rings. The van der Waals surface area contributed by atoms with E-state index in [0.717, 1.165) is 48.9 Å². The number of pyridine rings is 1. The third-order valence-corrected chi connectivity index (χ3v) is 10.5. The molecule has 1 saturated heterocycles. The van der Waals surface area contributed by atoms with E-state index in [-0.39, 0.29) is 12.0 Å². The fraction of sp³-hybridized carbons (Fsp3) is 0.556. The van der Waals surface area contributed by atoms with Gasteiger partial charge in [0.1, 0.15) is 17.5 Å². The van der Waals surface area contributed by atoms with Gasteiger partial charge in [0, 0.05) is 35.7 Å². The van der Waals surface area contributed by atoms with Crippen LogP contribution in [0.5, 0.6) is 0 Å². The second kappa shape index (κ2) is 8.76. The average Bonchev–Trinajstić information content (AvgIpc) is 3.20. The van der Waals surface area contributed by atoms with Crippen molar-refractivity contribution < 1.29 is 9.32 Å². The normalized spacial score (nSPS) is 24.4. The van der Waals surface area contributed by atoms with Crippen LogP contribution in [0.2, 0.25) is 5.02 Å². The number of nitrogens with one attached hydrogen (secondary N) is 1. The summed E-state index contributed by atoms with van der Waals surface area (Å²) in [5.74, 6) is 1.86. The van der Waals surface area contributed by atoms with Crippen LogP contribution in [0.3, 0.4) is 0 Å². The Kier molecular flexibility index (Phi) is 5.82. The number of hydrogen-bond donors (Lipinski definition) is 2. The molecule has 2 aliphatic heterocycles. The zero-order chi connectivity index (χ0) is 24.2. The molecule has 2 N–H and O–H groups in total. The molecular weight excluding hydrogens is 480 g/mol. The van der Waals surface area contributed by atoms with Gasteiger partial charge in [-0.2, -0.15) is 5.26 Å². The maximum atomic E-state index is 12.8. The van der Waals surface area contributed by atoms with Crippen molar-refractivity contribution in [2.45, 2.75) is 67.7 Å². The van der Waals surface area contributed by atoms with E-state index in [0.29, 0.717) is 34.2 Å². The minimum absolute atomic E-state index is 0.0124. The highest BCUT2D eigenvalue weighted by Crippen LogP contribution is 2.51. The molecule has 2 saturated carbocycles. The number of hydrogen-bond acceptors (Lipinski definition) is 6. The van der Waals surface area contributed by atoms with Gasteiger partial charge in [-0.1, -0.05) is 23.7 Å². The number of aryl methyl sites for hydroxylation is 1. The van der Waals surface area contributed by atoms with Crippen LogP contribution in [0.1, 0.15) is 67.7 Å². The first-order valence-electron chi connectivity index (χ1n) is 12.7. The molecule has 8 heteroatoms. The Morgan fingerprint density at radius 2 is 1.91 bits per heavy atom. The quantitative estimate of drug-likeness (QED) is 0.602. The molecule has 0 bridgehead atoms. The van der Waals surface area contributed by atoms with E-state index < -0.39 is 16.3 Å². The highest BCUT2D eigenvalue weighted by molar-refractivity contribution is 7.85. The second-order valence-electron chi connectivity index (χ2n) is 11.0. The number of benzene rings is 1. The number of nitriles is 1. The number of fused-ring (bicyclic) bond motifs is 1. The van der Waals surface area contributed by atoms with Crippen LogP contribution in [0.25, 0.3) is 0 Å². The number of aromatic nitrogens is 1. The van der Waals surface area contributed by atoms with Crippen LogP contribution in [0.4, 0.5) is 11.5 Å². The Balaban J connectivity index is 1.23. The average molecular weight is 511 g/mol. The first kappa shape index (κ1) is 23.3. The van der Waals surface area contributed by atoms with Gasteiger partial charge in [0.25, 0.3) is 0 Å². The Morgan fingerprint density at radius 1 is 1.20 bits per heavy atom. The summed E-state index contributed by atoms with van der Waals surface area (Å²) < 4.78 is 12.8. The van der Waals surface area contributed by atoms with Gasteiger partial charge in [0.15, 0.2) is 0 Å². The smallest absolute Gasteiger partial charge is 0.149 e. The largest absolute Gasteiger partial charge is 0.394 e. The zero-order valence-electron chi connectivity index (χ0n) is 19.9. The van der Waals surface area contributed by atoms with Crippen LogP contribution in [-0.4, -0.2) is 45.3 Å². The second-order valence-corrected chi connectivity index (χ2v) is 12.9. The Labute approximate surface area is 214 Å². The van der Waals surface area contributed by atoms with E-state index >= 15 is 0 Å². The van der Waals surface area contributed by atoms with Crippen molar-refractivity contribution in [1.29, 1.82) is 5.26 Å². The van der Waals surface area contributed by atoms with Crippen molar-refractivity contribution in [1.82, 2.24) is 4.98 Å². The van der Waals surface area contributed by atoms with E-state index in [4.69, 9.17) is 16.6 Å². The van der Waals surface area contributed by atoms with Crippen molar-refractivity contribution in [2.75, 3.05) is 35.7 Å². The van der Waals surface area contributed by atoms with E-state index in [1.165, 1.54) is 31.2 Å². The fourth-order valence-electron chi connectivity index (χ4n) is 6.48. The van der Waals surface area contributed by atoms with Crippen molar-refractivity contribution in [3.05, 3.63) is 46.1 Å². The van der Waals surface area contributed by atoms with E-state index in [1.54, 1.807) is 0 Å². The van der Waals surface area contributed by atoms with Gasteiger partial charge in [-0.15, -0.1) is 0 Å². The molecule has 0 radical (unpaired) electrons. The summed E-state index contributed by atoms with van der Waals surface area (Å²) in [6.45, 7) is 1.83. The van der Waals surface area contributed by atoms with Crippen molar-refractivity contribution in [3.8, 4) is 6.07 Å². The van der Waals surface area contributed by atoms with Crippen LogP contribution >= 0.6 is 11.6 Å². The topological polar surface area (TPSA) is 89.2 Å². The zero-order valence-corrected chi connectivity index (χ0v) is 21.4. The molecule has 3 fully saturated rings. The third kappa shape index (κ3) is 3.94. The molecule has 184 valence electrons. The summed E-state index contributed by atoms with van der Waals surface area (Å²) in [4.78, 5) is 7.84. The van der Waals surface area contributed by atoms with Crippen molar-refractivity contribution in [3.63, 3.8) is 0 Å². The fourth-order valence-corrected chi connectivity index (χ4v) is 7.98. The Bertz CT molecular complexity index is 1200. The lowest BCUT2D eigenvalue weighted by Gasteiger charge is -2.54. The summed E-state index contributed by atoms with van der Waals surface area (Å²) >= 11 is 6.07. The van der Waals surface area contributed by atoms with E-state index in [9.17, 15) is 14.6 Å². The number of rotatable bonds is 5. The molecule has 0 amide bonds. The van der Waals surface area contributed by atoms with Gasteiger partial charge in [-0.3, -0.25) is 4.21 Å². The minimum Gasteiger partial charge on any atom is -0.394 e. The van der Waals surface area contributed by atoms with Gasteiger partial charge in [0.2, 0.25) is 0 Å². The summed E-state index contributed by atoms with van der Waals surface area (Å²) in [7, 11) is -1.16. The standard InChI is InChI=1S/C27H31ClN4O2S/c28-20-4-2-18(3-5-20)19-6-11-26(12-7-19)15-32(16-26)25-21(14-29)23(31-27(17-33)9-1-10-27)24-22(30-25)8-13-35(24)34/h2-5,19,33H,1,6-13,15-17H2,(H,30,31)/t35-/m1/s1. The SMILES string of the molecule is N#Cc1c(N2CC3(CCC(c4ccc(Cl)cc4)CC3)C2)nc2c(c1NC1(CO)CCC1)[S@](=O)CC2. The first-order chi connectivity index (χ1) is 16.9. The molecule has 1 atom stereocenters. The first-order valence-corrected chi connectivity index (χ1v) is 14.4. The maximum Gasteiger partial charge on any atom is 0.149 e. The molecule has 0 unspecified atom stereocenters.